The molecule has 1 aliphatic carbocycles. The molecule has 2 aromatic carbocycles. The molecule has 198 valence electrons. The summed E-state index contributed by atoms with van der Waals surface area (Å²) in [5, 5.41) is 3.24. The molecule has 0 unspecified atom stereocenters. The number of nitrogens with one attached hydrogen (secondary N) is 1. The Bertz CT molecular complexity index is 962. The van der Waals surface area contributed by atoms with Crippen molar-refractivity contribution < 1.29 is 18.4 Å². The van der Waals surface area contributed by atoms with Gasteiger partial charge in [-0.15, -0.1) is 0 Å². The minimum atomic E-state index is -3.04. The van der Waals surface area contributed by atoms with Crippen LogP contribution in [0, 0.1) is 0 Å². The van der Waals surface area contributed by atoms with E-state index in [-0.39, 0.29) is 5.91 Å². The van der Waals surface area contributed by atoms with Crippen LogP contribution < -0.4 is 5.32 Å². The molecule has 6 heteroatoms. The van der Waals surface area contributed by atoms with E-state index < -0.39 is 13.0 Å². The lowest BCUT2D eigenvalue weighted by Crippen LogP contribution is -2.44. The van der Waals surface area contributed by atoms with Gasteiger partial charge in [-0.05, 0) is 54.4 Å². The maximum Gasteiger partial charge on any atom is 0.330 e. The number of benzene rings is 2. The minimum absolute atomic E-state index is 0.0817. The van der Waals surface area contributed by atoms with Crippen molar-refractivity contribution in [2.75, 3.05) is 25.9 Å². The lowest BCUT2D eigenvalue weighted by molar-refractivity contribution is -0.125. The highest BCUT2D eigenvalue weighted by Crippen LogP contribution is 2.51. The molecule has 1 amide bonds. The van der Waals surface area contributed by atoms with Gasteiger partial charge < -0.3 is 14.4 Å². The highest BCUT2D eigenvalue weighted by molar-refractivity contribution is 7.53. The van der Waals surface area contributed by atoms with Crippen LogP contribution in [-0.2, 0) is 23.8 Å². The van der Waals surface area contributed by atoms with Crippen LogP contribution in [-0.4, -0.2) is 31.8 Å². The largest absolute Gasteiger partial charge is 0.355 e. The number of amides is 1. The monoisotopic (exact) mass is 513 g/mol. The van der Waals surface area contributed by atoms with E-state index >= 15 is 0 Å². The number of unbranched alkanes of at least 4 members (excludes halogenated alkanes) is 4. The van der Waals surface area contributed by atoms with Crippen LogP contribution in [0.4, 0.5) is 0 Å². The topological polar surface area (TPSA) is 64.6 Å². The Morgan fingerprint density at radius 2 is 1.33 bits per heavy atom. The molecule has 1 N–H and O–H groups in total. The first kappa shape index (κ1) is 28.6. The molecule has 0 aromatic heterocycles. The molecular formula is C30H44NO4P. The van der Waals surface area contributed by atoms with Crippen LogP contribution in [0.2, 0.25) is 0 Å². The molecule has 0 aliphatic heterocycles. The predicted octanol–water partition coefficient (Wildman–Crippen LogP) is 7.87. The molecule has 0 saturated carbocycles. The van der Waals surface area contributed by atoms with Crippen LogP contribution in [0.15, 0.2) is 48.5 Å². The summed E-state index contributed by atoms with van der Waals surface area (Å²) in [4.78, 5) is 13.8. The summed E-state index contributed by atoms with van der Waals surface area (Å²) >= 11 is 0. The molecular weight excluding hydrogens is 469 g/mol. The third-order valence-electron chi connectivity index (χ3n) is 7.04. The standard InChI is InChI=1S/C30H44NO4P/c1-4-7-22-34-36(33,35-23-8-5-2)24-15-9-14-21-31-29(32)30(20-6-3)27-18-12-10-16-25(27)26-17-11-13-19-28(26)30/h10-13,16-19H,4-9,14-15,20-24H2,1-3H3,(H,31,32). The van der Waals surface area contributed by atoms with E-state index in [1.165, 1.54) is 11.1 Å². The Morgan fingerprint density at radius 1 is 0.778 bits per heavy atom. The quantitative estimate of drug-likeness (QED) is 0.173. The third-order valence-corrected chi connectivity index (χ3v) is 9.06. The number of carbonyl (C=O) groups is 1. The van der Waals surface area contributed by atoms with Crippen molar-refractivity contribution in [2.24, 2.45) is 0 Å². The van der Waals surface area contributed by atoms with Crippen LogP contribution >= 0.6 is 7.60 Å². The highest BCUT2D eigenvalue weighted by atomic mass is 31.2. The van der Waals surface area contributed by atoms with Gasteiger partial charge in [-0.1, -0.05) is 95.0 Å². The van der Waals surface area contributed by atoms with Crippen LogP contribution in [0.3, 0.4) is 0 Å². The van der Waals surface area contributed by atoms with Crippen molar-refractivity contribution in [2.45, 2.75) is 84.0 Å². The Hall–Kier alpha value is -1.94. The van der Waals surface area contributed by atoms with Gasteiger partial charge in [-0.2, -0.15) is 0 Å². The van der Waals surface area contributed by atoms with Gasteiger partial charge in [-0.25, -0.2) is 0 Å². The van der Waals surface area contributed by atoms with Gasteiger partial charge in [0.1, 0.15) is 5.41 Å². The molecule has 2 aromatic rings. The molecule has 0 saturated heterocycles. The molecule has 0 radical (unpaired) electrons. The fourth-order valence-corrected chi connectivity index (χ4v) is 6.91. The van der Waals surface area contributed by atoms with Crippen molar-refractivity contribution in [1.82, 2.24) is 5.32 Å². The SMILES string of the molecule is CCCCOP(=O)(CCCCCNC(=O)C1(CCC)c2ccccc2-c2ccccc21)OCCCC. The van der Waals surface area contributed by atoms with Gasteiger partial charge in [0, 0.05) is 6.54 Å². The summed E-state index contributed by atoms with van der Waals surface area (Å²) in [5.74, 6) is 0.0817. The Labute approximate surface area is 217 Å². The van der Waals surface area contributed by atoms with Gasteiger partial charge in [0.25, 0.3) is 0 Å². The number of carbonyl (C=O) groups excluding carboxylic acids is 1. The predicted molar refractivity (Wildman–Crippen MR) is 149 cm³/mol. The summed E-state index contributed by atoms with van der Waals surface area (Å²) in [7, 11) is -3.04. The molecule has 0 spiro atoms. The molecule has 1 aliphatic rings. The van der Waals surface area contributed by atoms with Crippen molar-refractivity contribution in [3.8, 4) is 11.1 Å². The van der Waals surface area contributed by atoms with E-state index in [1.54, 1.807) is 0 Å². The molecule has 0 atom stereocenters. The van der Waals surface area contributed by atoms with Crippen molar-refractivity contribution in [3.63, 3.8) is 0 Å². The van der Waals surface area contributed by atoms with Crippen LogP contribution in [0.5, 0.6) is 0 Å². The number of fused-ring (bicyclic) bond motifs is 3. The molecule has 36 heavy (non-hydrogen) atoms. The van der Waals surface area contributed by atoms with Crippen molar-refractivity contribution in [1.29, 1.82) is 0 Å². The molecule has 0 heterocycles. The fraction of sp³-hybridized carbons (Fsp3) is 0.567. The molecule has 0 fully saturated rings. The zero-order valence-corrected chi connectivity index (χ0v) is 23.3. The Morgan fingerprint density at radius 3 is 1.86 bits per heavy atom. The fourth-order valence-electron chi connectivity index (χ4n) is 5.15. The zero-order valence-electron chi connectivity index (χ0n) is 22.4. The Balaban J connectivity index is 1.57. The lowest BCUT2D eigenvalue weighted by Gasteiger charge is -2.30. The van der Waals surface area contributed by atoms with Gasteiger partial charge in [0.2, 0.25) is 5.91 Å². The van der Waals surface area contributed by atoms with Gasteiger partial charge >= 0.3 is 7.60 Å². The van der Waals surface area contributed by atoms with E-state index in [0.717, 1.165) is 68.9 Å². The summed E-state index contributed by atoms with van der Waals surface area (Å²) in [6, 6.07) is 16.6. The maximum absolute atomic E-state index is 13.8. The number of rotatable bonds is 17. The average Bonchev–Trinajstić information content (AvgIpc) is 3.17. The molecule has 3 rings (SSSR count). The molecule has 5 nitrogen and oxygen atoms in total. The van der Waals surface area contributed by atoms with Gasteiger partial charge in [0.05, 0.1) is 19.4 Å². The second kappa shape index (κ2) is 14.1. The first-order valence-electron chi connectivity index (χ1n) is 13.9. The zero-order chi connectivity index (χ0) is 25.9. The van der Waals surface area contributed by atoms with E-state index in [1.807, 2.05) is 24.3 Å². The van der Waals surface area contributed by atoms with E-state index in [0.29, 0.717) is 25.9 Å². The first-order valence-corrected chi connectivity index (χ1v) is 15.6. The van der Waals surface area contributed by atoms with Gasteiger partial charge in [-0.3, -0.25) is 9.36 Å². The summed E-state index contributed by atoms with van der Waals surface area (Å²) in [5.41, 5.74) is 3.91. The number of hydrogen-bond acceptors (Lipinski definition) is 4. The first-order chi connectivity index (χ1) is 17.5. The maximum atomic E-state index is 13.8. The van der Waals surface area contributed by atoms with Crippen molar-refractivity contribution in [3.05, 3.63) is 59.7 Å². The summed E-state index contributed by atoms with van der Waals surface area (Å²) < 4.78 is 24.5. The molecule has 0 bridgehead atoms. The smallest absolute Gasteiger partial charge is 0.330 e. The highest BCUT2D eigenvalue weighted by Gasteiger charge is 2.47. The second-order valence-corrected chi connectivity index (χ2v) is 12.0. The second-order valence-electron chi connectivity index (χ2n) is 9.77. The lowest BCUT2D eigenvalue weighted by atomic mass is 9.74. The Kier molecular flexibility index (Phi) is 11.2. The van der Waals surface area contributed by atoms with Crippen LogP contribution in [0.25, 0.3) is 11.1 Å². The van der Waals surface area contributed by atoms with Crippen molar-refractivity contribution >= 4 is 13.5 Å². The van der Waals surface area contributed by atoms with E-state index in [2.05, 4.69) is 50.4 Å². The van der Waals surface area contributed by atoms with Crippen LogP contribution in [0.1, 0.15) is 89.7 Å². The summed E-state index contributed by atoms with van der Waals surface area (Å²) in [6.45, 7) is 7.90. The summed E-state index contributed by atoms with van der Waals surface area (Å²) in [6.07, 6.45) is 8.38. The van der Waals surface area contributed by atoms with E-state index in [4.69, 9.17) is 9.05 Å². The van der Waals surface area contributed by atoms with Gasteiger partial charge in [0.15, 0.2) is 0 Å². The van der Waals surface area contributed by atoms with E-state index in [9.17, 15) is 9.36 Å². The normalized spacial score (nSPS) is 13.9. The average molecular weight is 514 g/mol. The number of hydrogen-bond donors (Lipinski definition) is 1. The third kappa shape index (κ3) is 6.68. The minimum Gasteiger partial charge on any atom is -0.355 e.